The molecule has 0 radical (unpaired) electrons. The molecule has 2 aromatic carbocycles. The number of hydrogen-bond donors (Lipinski definition) is 0. The van der Waals surface area contributed by atoms with Crippen molar-refractivity contribution in [2.45, 2.75) is 13.1 Å². The standard InChI is InChI=1S/C15H11FN2/c16-14-6-3-7-15(13(14)8-17)18-9-11-4-1-2-5-12(11)10-18/h1-7H,9-10H2. The zero-order valence-electron chi connectivity index (χ0n) is 9.73. The molecule has 0 aliphatic carbocycles. The monoisotopic (exact) mass is 238 g/mol. The zero-order valence-corrected chi connectivity index (χ0v) is 9.73. The highest BCUT2D eigenvalue weighted by atomic mass is 19.1. The third kappa shape index (κ3) is 1.63. The summed E-state index contributed by atoms with van der Waals surface area (Å²) in [6, 6.07) is 14.9. The maximum atomic E-state index is 13.6. The van der Waals surface area contributed by atoms with Crippen LogP contribution in [0.4, 0.5) is 10.1 Å². The van der Waals surface area contributed by atoms with Crippen LogP contribution in [0.3, 0.4) is 0 Å². The third-order valence-corrected chi connectivity index (χ3v) is 3.28. The summed E-state index contributed by atoms with van der Waals surface area (Å²) < 4.78 is 13.6. The Hall–Kier alpha value is -2.34. The summed E-state index contributed by atoms with van der Waals surface area (Å²) >= 11 is 0. The lowest BCUT2D eigenvalue weighted by atomic mass is 10.1. The van der Waals surface area contributed by atoms with Crippen LogP contribution in [0.5, 0.6) is 0 Å². The van der Waals surface area contributed by atoms with E-state index in [2.05, 4.69) is 12.1 Å². The van der Waals surface area contributed by atoms with Crippen molar-refractivity contribution in [3.8, 4) is 6.07 Å². The Morgan fingerprint density at radius 3 is 2.28 bits per heavy atom. The lowest BCUT2D eigenvalue weighted by Crippen LogP contribution is -2.16. The van der Waals surface area contributed by atoms with Crippen LogP contribution in [0.1, 0.15) is 16.7 Å². The topological polar surface area (TPSA) is 27.0 Å². The first-order chi connectivity index (χ1) is 8.79. The molecule has 1 aliphatic heterocycles. The quantitative estimate of drug-likeness (QED) is 0.762. The van der Waals surface area contributed by atoms with Gasteiger partial charge in [-0.1, -0.05) is 30.3 Å². The summed E-state index contributed by atoms with van der Waals surface area (Å²) in [5.74, 6) is -0.453. The predicted molar refractivity (Wildman–Crippen MR) is 67.4 cm³/mol. The van der Waals surface area contributed by atoms with Crippen molar-refractivity contribution in [2.24, 2.45) is 0 Å². The second-order valence-electron chi connectivity index (χ2n) is 4.37. The summed E-state index contributed by atoms with van der Waals surface area (Å²) in [6.07, 6.45) is 0. The maximum absolute atomic E-state index is 13.6. The molecule has 3 heteroatoms. The van der Waals surface area contributed by atoms with Gasteiger partial charge in [0.15, 0.2) is 0 Å². The van der Waals surface area contributed by atoms with Gasteiger partial charge in [-0.3, -0.25) is 0 Å². The van der Waals surface area contributed by atoms with Gasteiger partial charge in [-0.25, -0.2) is 4.39 Å². The molecule has 2 aromatic rings. The predicted octanol–water partition coefficient (Wildman–Crippen LogP) is 3.22. The lowest BCUT2D eigenvalue weighted by molar-refractivity contribution is 0.622. The van der Waals surface area contributed by atoms with Crippen molar-refractivity contribution in [3.63, 3.8) is 0 Å². The Labute approximate surface area is 105 Å². The molecule has 0 N–H and O–H groups in total. The molecule has 88 valence electrons. The molecule has 0 bridgehead atoms. The van der Waals surface area contributed by atoms with Gasteiger partial charge < -0.3 is 4.90 Å². The number of halogens is 1. The van der Waals surface area contributed by atoms with Gasteiger partial charge in [0.2, 0.25) is 0 Å². The van der Waals surface area contributed by atoms with Crippen molar-refractivity contribution in [2.75, 3.05) is 4.90 Å². The van der Waals surface area contributed by atoms with E-state index in [0.717, 1.165) is 13.1 Å². The fourth-order valence-electron chi connectivity index (χ4n) is 2.39. The number of anilines is 1. The molecular formula is C15H11FN2. The second-order valence-corrected chi connectivity index (χ2v) is 4.37. The molecule has 0 fully saturated rings. The second kappa shape index (κ2) is 4.15. The van der Waals surface area contributed by atoms with E-state index in [1.165, 1.54) is 17.2 Å². The number of nitrogens with zero attached hydrogens (tertiary/aromatic N) is 2. The molecule has 0 amide bonds. The average Bonchev–Trinajstić information content (AvgIpc) is 2.82. The Morgan fingerprint density at radius 1 is 1.00 bits per heavy atom. The molecular weight excluding hydrogens is 227 g/mol. The van der Waals surface area contributed by atoms with Gasteiger partial charge in [-0.15, -0.1) is 0 Å². The van der Waals surface area contributed by atoms with Crippen LogP contribution in [0, 0.1) is 17.1 Å². The first kappa shape index (κ1) is 10.8. The zero-order chi connectivity index (χ0) is 12.5. The van der Waals surface area contributed by atoms with Crippen LogP contribution >= 0.6 is 0 Å². The Balaban J connectivity index is 2.01. The van der Waals surface area contributed by atoms with Crippen molar-refractivity contribution in [1.29, 1.82) is 5.26 Å². The molecule has 18 heavy (non-hydrogen) atoms. The van der Waals surface area contributed by atoms with Gasteiger partial charge in [0.05, 0.1) is 5.69 Å². The summed E-state index contributed by atoms with van der Waals surface area (Å²) in [5, 5.41) is 9.06. The Bertz CT molecular complexity index is 618. The van der Waals surface area contributed by atoms with E-state index in [-0.39, 0.29) is 5.56 Å². The number of nitriles is 1. The molecule has 0 saturated carbocycles. The minimum Gasteiger partial charge on any atom is -0.362 e. The van der Waals surface area contributed by atoms with E-state index in [4.69, 9.17) is 5.26 Å². The van der Waals surface area contributed by atoms with Crippen LogP contribution in [-0.4, -0.2) is 0 Å². The number of rotatable bonds is 1. The maximum Gasteiger partial charge on any atom is 0.143 e. The first-order valence-corrected chi connectivity index (χ1v) is 5.80. The van der Waals surface area contributed by atoms with Crippen LogP contribution in [0.15, 0.2) is 42.5 Å². The van der Waals surface area contributed by atoms with Crippen molar-refractivity contribution in [3.05, 3.63) is 65.0 Å². The van der Waals surface area contributed by atoms with Gasteiger partial charge in [0, 0.05) is 13.1 Å². The van der Waals surface area contributed by atoms with E-state index in [0.29, 0.717) is 5.69 Å². The van der Waals surface area contributed by atoms with Crippen molar-refractivity contribution < 1.29 is 4.39 Å². The van der Waals surface area contributed by atoms with Gasteiger partial charge in [0.25, 0.3) is 0 Å². The fraction of sp³-hybridized carbons (Fsp3) is 0.133. The summed E-state index contributed by atoms with van der Waals surface area (Å²) in [7, 11) is 0. The average molecular weight is 238 g/mol. The Kier molecular flexibility index (Phi) is 2.49. The van der Waals surface area contributed by atoms with E-state index in [9.17, 15) is 4.39 Å². The SMILES string of the molecule is N#Cc1c(F)cccc1N1Cc2ccccc2C1. The molecule has 2 nitrogen and oxygen atoms in total. The molecule has 0 saturated heterocycles. The highest BCUT2D eigenvalue weighted by Gasteiger charge is 2.21. The molecule has 0 atom stereocenters. The normalized spacial score (nSPS) is 13.2. The minimum absolute atomic E-state index is 0.130. The Morgan fingerprint density at radius 2 is 1.67 bits per heavy atom. The van der Waals surface area contributed by atoms with E-state index >= 15 is 0 Å². The number of hydrogen-bond acceptors (Lipinski definition) is 2. The minimum atomic E-state index is -0.453. The lowest BCUT2D eigenvalue weighted by Gasteiger charge is -2.19. The van der Waals surface area contributed by atoms with Crippen molar-refractivity contribution >= 4 is 5.69 Å². The number of fused-ring (bicyclic) bond motifs is 1. The molecule has 1 heterocycles. The molecule has 0 unspecified atom stereocenters. The van der Waals surface area contributed by atoms with Crippen LogP contribution < -0.4 is 4.90 Å². The van der Waals surface area contributed by atoms with E-state index < -0.39 is 5.82 Å². The number of benzene rings is 2. The van der Waals surface area contributed by atoms with Crippen LogP contribution in [0.25, 0.3) is 0 Å². The van der Waals surface area contributed by atoms with Gasteiger partial charge in [-0.2, -0.15) is 5.26 Å². The first-order valence-electron chi connectivity index (χ1n) is 5.80. The van der Waals surface area contributed by atoms with E-state index in [1.807, 2.05) is 23.1 Å². The highest BCUT2D eigenvalue weighted by Crippen LogP contribution is 2.31. The smallest absolute Gasteiger partial charge is 0.143 e. The van der Waals surface area contributed by atoms with Gasteiger partial charge in [0.1, 0.15) is 17.4 Å². The molecule has 0 spiro atoms. The summed E-state index contributed by atoms with van der Waals surface area (Å²) in [6.45, 7) is 1.46. The summed E-state index contributed by atoms with van der Waals surface area (Å²) in [4.78, 5) is 2.03. The fourth-order valence-corrected chi connectivity index (χ4v) is 2.39. The van der Waals surface area contributed by atoms with Crippen molar-refractivity contribution in [1.82, 2.24) is 0 Å². The molecule has 0 aromatic heterocycles. The summed E-state index contributed by atoms with van der Waals surface area (Å²) in [5.41, 5.74) is 3.29. The van der Waals surface area contributed by atoms with E-state index in [1.54, 1.807) is 12.1 Å². The van der Waals surface area contributed by atoms with Gasteiger partial charge >= 0.3 is 0 Å². The van der Waals surface area contributed by atoms with Gasteiger partial charge in [-0.05, 0) is 23.3 Å². The largest absolute Gasteiger partial charge is 0.362 e. The third-order valence-electron chi connectivity index (χ3n) is 3.28. The van der Waals surface area contributed by atoms with Crippen LogP contribution in [-0.2, 0) is 13.1 Å². The highest BCUT2D eigenvalue weighted by molar-refractivity contribution is 5.62. The molecule has 3 rings (SSSR count). The molecule has 1 aliphatic rings. The van der Waals surface area contributed by atoms with Crippen LogP contribution in [0.2, 0.25) is 0 Å².